The first-order chi connectivity index (χ1) is 9.02. The van der Waals surface area contributed by atoms with Gasteiger partial charge in [-0.25, -0.2) is 4.79 Å². The van der Waals surface area contributed by atoms with Crippen molar-refractivity contribution in [2.24, 2.45) is 5.73 Å². The molecule has 19 heavy (non-hydrogen) atoms. The van der Waals surface area contributed by atoms with E-state index in [0.29, 0.717) is 6.42 Å². The summed E-state index contributed by atoms with van der Waals surface area (Å²) in [4.78, 5) is 25.3. The van der Waals surface area contributed by atoms with Crippen LogP contribution in [0.3, 0.4) is 0 Å². The number of carbonyl (C=O) groups excluding carboxylic acids is 1. The third kappa shape index (κ3) is 5.31. The van der Waals surface area contributed by atoms with Crippen LogP contribution in [0.25, 0.3) is 0 Å². The molecule has 0 aromatic carbocycles. The van der Waals surface area contributed by atoms with Gasteiger partial charge in [0.25, 0.3) is 0 Å². The number of nitrogens with one attached hydrogen (secondary N) is 2. The molecule has 6 N–H and O–H groups in total. The number of aliphatic hydroxyl groups excluding tert-OH is 1. The van der Waals surface area contributed by atoms with Crippen LogP contribution in [-0.4, -0.2) is 45.5 Å². The number of rotatable bonds is 7. The molecule has 0 saturated heterocycles. The predicted octanol–water partition coefficient (Wildman–Crippen LogP) is -1.66. The number of hydrogen-bond donors (Lipinski definition) is 5. The fourth-order valence-corrected chi connectivity index (χ4v) is 1.13. The second kappa shape index (κ2) is 7.28. The summed E-state index contributed by atoms with van der Waals surface area (Å²) in [6, 6.07) is -1.20. The summed E-state index contributed by atoms with van der Waals surface area (Å²) in [5.74, 6) is -0.782. The lowest BCUT2D eigenvalue weighted by Crippen LogP contribution is -2.38. The Morgan fingerprint density at radius 2 is 2.16 bits per heavy atom. The van der Waals surface area contributed by atoms with Crippen LogP contribution in [0.2, 0.25) is 0 Å². The van der Waals surface area contributed by atoms with Gasteiger partial charge < -0.3 is 31.1 Å². The van der Waals surface area contributed by atoms with Gasteiger partial charge >= 0.3 is 12.0 Å². The average molecular weight is 273 g/mol. The predicted molar refractivity (Wildman–Crippen MR) is 60.8 cm³/mol. The van der Waals surface area contributed by atoms with Crippen molar-refractivity contribution < 1.29 is 24.3 Å². The molecule has 1 aromatic rings. The lowest BCUT2D eigenvalue weighted by atomic mass is 10.2. The average Bonchev–Trinajstić information content (AvgIpc) is 2.83. The molecule has 1 heterocycles. The molecule has 1 aromatic heterocycles. The van der Waals surface area contributed by atoms with Crippen molar-refractivity contribution >= 4 is 12.0 Å². The molecule has 0 fully saturated rings. The maximum atomic E-state index is 11.1. The first-order valence-corrected chi connectivity index (χ1v) is 5.45. The molecular weight excluding hydrogens is 258 g/mol. The van der Waals surface area contributed by atoms with E-state index in [1.165, 1.54) is 0 Å². The normalized spacial score (nSPS) is 11.9. The first-order valence-electron chi connectivity index (χ1n) is 5.45. The molecule has 1 unspecified atom stereocenters. The Kier molecular flexibility index (Phi) is 5.70. The molecule has 0 saturated carbocycles. The van der Waals surface area contributed by atoms with Crippen LogP contribution in [0.15, 0.2) is 4.52 Å². The number of aromatic nitrogens is 2. The van der Waals surface area contributed by atoms with E-state index in [1.807, 2.05) is 0 Å². The summed E-state index contributed by atoms with van der Waals surface area (Å²) >= 11 is 0. The number of urea groups is 1. The first kappa shape index (κ1) is 14.9. The van der Waals surface area contributed by atoms with Crippen molar-refractivity contribution in [1.82, 2.24) is 20.8 Å². The fourth-order valence-electron chi connectivity index (χ4n) is 1.13. The van der Waals surface area contributed by atoms with E-state index in [0.717, 1.165) is 0 Å². The van der Waals surface area contributed by atoms with E-state index >= 15 is 0 Å². The van der Waals surface area contributed by atoms with Gasteiger partial charge in [0.1, 0.15) is 6.54 Å². The maximum absolute atomic E-state index is 11.1. The lowest BCUT2D eigenvalue weighted by Gasteiger charge is -2.03. The minimum atomic E-state index is -1.15. The summed E-state index contributed by atoms with van der Waals surface area (Å²) < 4.78 is 4.83. The number of carboxylic acid groups (broad SMARTS) is 1. The molecule has 10 heteroatoms. The van der Waals surface area contributed by atoms with Gasteiger partial charge in [-0.2, -0.15) is 4.98 Å². The highest BCUT2D eigenvalue weighted by atomic mass is 16.5. The number of nitrogens with two attached hydrogens (primary N) is 1. The molecule has 2 amide bonds. The van der Waals surface area contributed by atoms with Gasteiger partial charge in [0, 0.05) is 6.61 Å². The number of amides is 2. The van der Waals surface area contributed by atoms with Crippen LogP contribution in [0.1, 0.15) is 24.2 Å². The smallest absolute Gasteiger partial charge is 0.323 e. The van der Waals surface area contributed by atoms with Gasteiger partial charge in [0.05, 0.1) is 12.6 Å². The number of carbonyl (C=O) groups is 2. The maximum Gasteiger partial charge on any atom is 0.323 e. The Morgan fingerprint density at radius 1 is 1.42 bits per heavy atom. The van der Waals surface area contributed by atoms with E-state index in [1.54, 1.807) is 0 Å². The summed E-state index contributed by atoms with van der Waals surface area (Å²) in [5.41, 5.74) is 5.65. The van der Waals surface area contributed by atoms with Gasteiger partial charge in [0.15, 0.2) is 5.82 Å². The second-order valence-electron chi connectivity index (χ2n) is 3.60. The molecule has 0 aliphatic heterocycles. The van der Waals surface area contributed by atoms with Crippen molar-refractivity contribution in [3.8, 4) is 0 Å². The van der Waals surface area contributed by atoms with Crippen LogP contribution in [0, 0.1) is 0 Å². The minimum Gasteiger partial charge on any atom is -0.480 e. The van der Waals surface area contributed by atoms with E-state index in [2.05, 4.69) is 20.8 Å². The number of nitrogens with zero attached hydrogens (tertiary/aromatic N) is 2. The third-order valence-corrected chi connectivity index (χ3v) is 2.06. The zero-order valence-electron chi connectivity index (χ0n) is 10.00. The number of aliphatic carboxylic acids is 1. The second-order valence-corrected chi connectivity index (χ2v) is 3.60. The molecule has 1 rings (SSSR count). The van der Waals surface area contributed by atoms with E-state index in [-0.39, 0.29) is 24.9 Å². The Morgan fingerprint density at radius 3 is 2.79 bits per heavy atom. The third-order valence-electron chi connectivity index (χ3n) is 2.06. The SMILES string of the molecule is NC(CCO)c1noc(CNC(=O)NCC(=O)O)n1. The fraction of sp³-hybridized carbons (Fsp3) is 0.556. The Bertz CT molecular complexity index is 434. The summed E-state index contributed by atoms with van der Waals surface area (Å²) in [6.45, 7) is -0.631. The largest absolute Gasteiger partial charge is 0.480 e. The van der Waals surface area contributed by atoms with Crippen molar-refractivity contribution in [2.75, 3.05) is 13.2 Å². The summed E-state index contributed by atoms with van der Waals surface area (Å²) in [6.07, 6.45) is 0.297. The molecule has 0 aliphatic rings. The molecule has 0 radical (unpaired) electrons. The van der Waals surface area contributed by atoms with Crippen molar-refractivity contribution in [3.63, 3.8) is 0 Å². The molecular formula is C9H15N5O5. The number of carboxylic acids is 1. The van der Waals surface area contributed by atoms with Crippen LogP contribution in [0.5, 0.6) is 0 Å². The highest BCUT2D eigenvalue weighted by Gasteiger charge is 2.14. The highest BCUT2D eigenvalue weighted by Crippen LogP contribution is 2.09. The highest BCUT2D eigenvalue weighted by molar-refractivity contribution is 5.79. The number of aliphatic hydroxyl groups is 1. The van der Waals surface area contributed by atoms with Crippen molar-refractivity contribution in [1.29, 1.82) is 0 Å². The molecule has 1 atom stereocenters. The molecule has 0 bridgehead atoms. The summed E-state index contributed by atoms with van der Waals surface area (Å²) in [7, 11) is 0. The van der Waals surface area contributed by atoms with Gasteiger partial charge in [0.2, 0.25) is 5.89 Å². The van der Waals surface area contributed by atoms with Crippen LogP contribution < -0.4 is 16.4 Å². The Balaban J connectivity index is 2.37. The van der Waals surface area contributed by atoms with E-state index in [9.17, 15) is 9.59 Å². The molecule has 10 nitrogen and oxygen atoms in total. The van der Waals surface area contributed by atoms with Gasteiger partial charge in [-0.15, -0.1) is 0 Å². The van der Waals surface area contributed by atoms with Gasteiger partial charge in [-0.1, -0.05) is 5.16 Å². The Hall–Kier alpha value is -2.20. The lowest BCUT2D eigenvalue weighted by molar-refractivity contribution is -0.135. The summed E-state index contributed by atoms with van der Waals surface area (Å²) in [5, 5.41) is 25.1. The topological polar surface area (TPSA) is 164 Å². The molecule has 0 aliphatic carbocycles. The Labute approximate surface area is 108 Å². The molecule has 0 spiro atoms. The van der Waals surface area contributed by atoms with Gasteiger partial charge in [-0.05, 0) is 6.42 Å². The van der Waals surface area contributed by atoms with E-state index < -0.39 is 24.6 Å². The monoisotopic (exact) mass is 273 g/mol. The van der Waals surface area contributed by atoms with E-state index in [4.69, 9.17) is 20.5 Å². The quantitative estimate of drug-likeness (QED) is 0.393. The zero-order valence-corrected chi connectivity index (χ0v) is 10.00. The van der Waals surface area contributed by atoms with Crippen LogP contribution in [0.4, 0.5) is 4.79 Å². The minimum absolute atomic E-state index is 0.0513. The van der Waals surface area contributed by atoms with Crippen LogP contribution in [-0.2, 0) is 11.3 Å². The van der Waals surface area contributed by atoms with Gasteiger partial charge in [-0.3, -0.25) is 4.79 Å². The zero-order chi connectivity index (χ0) is 14.3. The number of hydrogen-bond acceptors (Lipinski definition) is 7. The van der Waals surface area contributed by atoms with Crippen LogP contribution >= 0.6 is 0 Å². The van der Waals surface area contributed by atoms with Crippen molar-refractivity contribution in [3.05, 3.63) is 11.7 Å². The van der Waals surface area contributed by atoms with Crippen molar-refractivity contribution in [2.45, 2.75) is 19.0 Å². The standard InChI is InChI=1S/C9H15N5O5/c10-5(1-2-15)8-13-6(19-14-8)3-11-9(18)12-4-7(16)17/h5,15H,1-4,10H2,(H,16,17)(H2,11,12,18). The molecule has 106 valence electrons.